The Kier molecular flexibility index (Phi) is 4.92. The summed E-state index contributed by atoms with van der Waals surface area (Å²) in [6.45, 7) is 6.39. The van der Waals surface area contributed by atoms with Crippen molar-refractivity contribution < 1.29 is 23.2 Å². The van der Waals surface area contributed by atoms with E-state index in [1.807, 2.05) is 50.7 Å². The fourth-order valence-corrected chi connectivity index (χ4v) is 5.81. The molecule has 0 spiro atoms. The van der Waals surface area contributed by atoms with E-state index in [0.29, 0.717) is 13.2 Å². The van der Waals surface area contributed by atoms with E-state index < -0.39 is 32.0 Å². The van der Waals surface area contributed by atoms with Gasteiger partial charge in [-0.05, 0) is 26.0 Å². The molecule has 0 radical (unpaired) electrons. The first-order chi connectivity index (χ1) is 10.0. The summed E-state index contributed by atoms with van der Waals surface area (Å²) in [4.78, 5) is 24.3. The van der Waals surface area contributed by atoms with Crippen LogP contribution in [0.25, 0.3) is 0 Å². The van der Waals surface area contributed by atoms with Gasteiger partial charge in [0.05, 0.1) is 5.92 Å². The van der Waals surface area contributed by atoms with Gasteiger partial charge in [-0.25, -0.2) is 0 Å². The summed E-state index contributed by atoms with van der Waals surface area (Å²) in [5.74, 6) is -1.70. The molecular weight excluding hydrogens is 288 g/mol. The second kappa shape index (κ2) is 6.51. The number of carbonyl (C=O) groups excluding carboxylic acids is 2. The highest BCUT2D eigenvalue weighted by Crippen LogP contribution is 2.44. The van der Waals surface area contributed by atoms with E-state index in [2.05, 4.69) is 0 Å². The summed E-state index contributed by atoms with van der Waals surface area (Å²) in [5.41, 5.74) is 0.0868. The molecule has 1 fully saturated rings. The summed E-state index contributed by atoms with van der Waals surface area (Å²) < 4.78 is 16.5. The van der Waals surface area contributed by atoms with Crippen LogP contribution < -0.4 is 0 Å². The Morgan fingerprint density at radius 3 is 2.14 bits per heavy atom. The lowest BCUT2D eigenvalue weighted by molar-refractivity contribution is -0.152. The van der Waals surface area contributed by atoms with E-state index >= 15 is 0 Å². The molecule has 1 saturated heterocycles. The van der Waals surface area contributed by atoms with E-state index in [9.17, 15) is 9.59 Å². The average molecular weight is 308 g/mol. The molecule has 1 aromatic rings. The van der Waals surface area contributed by atoms with Crippen molar-refractivity contribution in [2.75, 3.05) is 13.2 Å². The van der Waals surface area contributed by atoms with E-state index in [1.165, 1.54) is 0 Å². The summed E-state index contributed by atoms with van der Waals surface area (Å²) in [6.07, 6.45) is 0. The molecule has 5 nitrogen and oxygen atoms in total. The molecular formula is C15H20O5Si. The quantitative estimate of drug-likeness (QED) is 0.459. The molecule has 0 amide bonds. The van der Waals surface area contributed by atoms with Gasteiger partial charge in [-0.3, -0.25) is 9.59 Å². The van der Waals surface area contributed by atoms with Gasteiger partial charge in [0.2, 0.25) is 0 Å². The Labute approximate surface area is 125 Å². The Balaban J connectivity index is 2.42. The number of ether oxygens (including phenoxy) is 1. The van der Waals surface area contributed by atoms with Crippen LogP contribution in [0.2, 0.25) is 12.1 Å². The first kappa shape index (κ1) is 15.9. The van der Waals surface area contributed by atoms with Gasteiger partial charge in [0.25, 0.3) is 0 Å². The van der Waals surface area contributed by atoms with Crippen molar-refractivity contribution in [3.05, 3.63) is 35.9 Å². The Morgan fingerprint density at radius 1 is 1.05 bits per heavy atom. The number of carbonyl (C=O) groups is 2. The summed E-state index contributed by atoms with van der Waals surface area (Å²) in [6, 6.07) is 9.18. The van der Waals surface area contributed by atoms with E-state index in [-0.39, 0.29) is 0 Å². The maximum absolute atomic E-state index is 12.2. The van der Waals surface area contributed by atoms with Crippen LogP contribution in [0.5, 0.6) is 0 Å². The number of cyclic esters (lactones) is 2. The predicted molar refractivity (Wildman–Crippen MR) is 78.9 cm³/mol. The highest BCUT2D eigenvalue weighted by molar-refractivity contribution is 6.72. The smallest absolute Gasteiger partial charge is 0.350 e. The van der Waals surface area contributed by atoms with Crippen LogP contribution in [0.1, 0.15) is 25.3 Å². The summed E-state index contributed by atoms with van der Waals surface area (Å²) in [5, 5.41) is 0. The van der Waals surface area contributed by atoms with Crippen LogP contribution in [-0.4, -0.2) is 33.7 Å². The molecule has 2 unspecified atom stereocenters. The highest BCUT2D eigenvalue weighted by Gasteiger charge is 2.58. The Bertz CT molecular complexity index is 510. The summed E-state index contributed by atoms with van der Waals surface area (Å²) in [7, 11) is -2.86. The Hall–Kier alpha value is -1.50. The van der Waals surface area contributed by atoms with E-state index in [1.54, 1.807) is 0 Å². The monoisotopic (exact) mass is 308 g/mol. The minimum absolute atomic E-state index is 0.433. The van der Waals surface area contributed by atoms with Crippen LogP contribution in [0.15, 0.2) is 30.3 Å². The molecule has 2 rings (SSSR count). The molecule has 114 valence electrons. The molecule has 2 atom stereocenters. The lowest BCUT2D eigenvalue weighted by Gasteiger charge is -2.31. The molecule has 1 aliphatic rings. The van der Waals surface area contributed by atoms with Gasteiger partial charge < -0.3 is 13.6 Å². The molecule has 0 saturated carbocycles. The molecule has 1 aliphatic heterocycles. The van der Waals surface area contributed by atoms with Gasteiger partial charge in [-0.2, -0.15) is 0 Å². The van der Waals surface area contributed by atoms with Crippen molar-refractivity contribution in [3.8, 4) is 0 Å². The van der Waals surface area contributed by atoms with E-state index in [4.69, 9.17) is 13.6 Å². The second-order valence-electron chi connectivity index (χ2n) is 4.99. The summed E-state index contributed by atoms with van der Waals surface area (Å²) >= 11 is 0. The van der Waals surface area contributed by atoms with Crippen molar-refractivity contribution in [1.82, 2.24) is 0 Å². The van der Waals surface area contributed by atoms with Crippen molar-refractivity contribution in [1.29, 1.82) is 0 Å². The zero-order chi connectivity index (χ0) is 15.5. The fraction of sp³-hybridized carbons (Fsp3) is 0.467. The lowest BCUT2D eigenvalue weighted by atomic mass is 9.97. The van der Waals surface area contributed by atoms with Crippen molar-refractivity contribution in [3.63, 3.8) is 0 Å². The van der Waals surface area contributed by atoms with Crippen molar-refractivity contribution in [2.45, 2.75) is 31.9 Å². The molecule has 21 heavy (non-hydrogen) atoms. The largest absolute Gasteiger partial charge is 0.394 e. The van der Waals surface area contributed by atoms with Gasteiger partial charge in [-0.15, -0.1) is 0 Å². The maximum Gasteiger partial charge on any atom is 0.350 e. The first-order valence-electron chi connectivity index (χ1n) is 7.12. The molecule has 0 bridgehead atoms. The number of esters is 2. The molecule has 0 aromatic heterocycles. The fourth-order valence-electron chi connectivity index (χ4n) is 2.80. The maximum atomic E-state index is 12.2. The standard InChI is InChI=1S/C15H20O5Si/c1-4-18-21(3,19-5-2)13-12(14(16)20-15(13)17)11-9-7-6-8-10-11/h6-10,12-13H,4-5H2,1-3H3. The zero-order valence-electron chi connectivity index (χ0n) is 12.5. The van der Waals surface area contributed by atoms with Gasteiger partial charge in [0.1, 0.15) is 5.54 Å². The third kappa shape index (κ3) is 3.07. The number of rotatable bonds is 6. The molecule has 1 heterocycles. The van der Waals surface area contributed by atoms with Crippen molar-refractivity contribution >= 4 is 20.5 Å². The second-order valence-corrected chi connectivity index (χ2v) is 8.22. The van der Waals surface area contributed by atoms with Crippen LogP contribution in [-0.2, 0) is 23.2 Å². The molecule has 1 aromatic carbocycles. The van der Waals surface area contributed by atoms with Crippen LogP contribution in [0, 0.1) is 0 Å². The predicted octanol–water partition coefficient (Wildman–Crippen LogP) is 2.37. The SMILES string of the molecule is CCO[Si](C)(OCC)C1C(=O)OC(=O)C1c1ccccc1. The van der Waals surface area contributed by atoms with Crippen LogP contribution in [0.3, 0.4) is 0 Å². The average Bonchev–Trinajstić information content (AvgIpc) is 2.75. The van der Waals surface area contributed by atoms with Crippen LogP contribution in [0.4, 0.5) is 0 Å². The van der Waals surface area contributed by atoms with Crippen LogP contribution >= 0.6 is 0 Å². The van der Waals surface area contributed by atoms with Gasteiger partial charge in [-0.1, -0.05) is 30.3 Å². The third-order valence-electron chi connectivity index (χ3n) is 3.63. The normalized spacial score (nSPS) is 22.4. The van der Waals surface area contributed by atoms with Crippen molar-refractivity contribution in [2.24, 2.45) is 0 Å². The highest BCUT2D eigenvalue weighted by atomic mass is 28.4. The number of hydrogen-bond acceptors (Lipinski definition) is 5. The number of benzene rings is 1. The first-order valence-corrected chi connectivity index (χ1v) is 9.51. The zero-order valence-corrected chi connectivity index (χ0v) is 13.5. The minimum Gasteiger partial charge on any atom is -0.394 e. The molecule has 0 N–H and O–H groups in total. The minimum atomic E-state index is -2.86. The molecule has 6 heteroatoms. The molecule has 0 aliphatic carbocycles. The topological polar surface area (TPSA) is 61.8 Å². The van der Waals surface area contributed by atoms with Gasteiger partial charge in [0, 0.05) is 13.2 Å². The Morgan fingerprint density at radius 2 is 1.62 bits per heavy atom. The van der Waals surface area contributed by atoms with Gasteiger partial charge >= 0.3 is 20.5 Å². The van der Waals surface area contributed by atoms with E-state index in [0.717, 1.165) is 5.56 Å². The van der Waals surface area contributed by atoms with Gasteiger partial charge in [0.15, 0.2) is 0 Å². The number of hydrogen-bond donors (Lipinski definition) is 0. The lowest BCUT2D eigenvalue weighted by Crippen LogP contribution is -2.47. The third-order valence-corrected chi connectivity index (χ3v) is 7.05.